The summed E-state index contributed by atoms with van der Waals surface area (Å²) in [6.45, 7) is 4.58. The van der Waals surface area contributed by atoms with E-state index in [-0.39, 0.29) is 5.41 Å². The van der Waals surface area contributed by atoms with Crippen molar-refractivity contribution < 1.29 is 0 Å². The Morgan fingerprint density at radius 3 is 1.58 bits per heavy atom. The minimum absolute atomic E-state index is 0.144. The van der Waals surface area contributed by atoms with E-state index in [0.717, 1.165) is 16.7 Å². The molecule has 0 saturated carbocycles. The lowest BCUT2D eigenvalue weighted by atomic mass is 9.80. The standard InChI is InChI=1S/C30H23N3/c1-30(2)25-19-10-9-16-22(25)23-17-11-18-24(26(23)30)29-32-27(20-12-5-3-6-13-20)31-28(33-29)21-14-7-4-8-15-21/h3-19H,1-2H3. The van der Waals surface area contributed by atoms with Crippen LogP contribution in [0.2, 0.25) is 0 Å². The topological polar surface area (TPSA) is 38.7 Å². The summed E-state index contributed by atoms with van der Waals surface area (Å²) < 4.78 is 0. The largest absolute Gasteiger partial charge is 0.208 e. The lowest BCUT2D eigenvalue weighted by molar-refractivity contribution is 0.661. The number of nitrogens with zero attached hydrogens (tertiary/aromatic N) is 3. The van der Waals surface area contributed by atoms with Gasteiger partial charge in [-0.05, 0) is 22.3 Å². The maximum Gasteiger partial charge on any atom is 0.164 e. The summed E-state index contributed by atoms with van der Waals surface area (Å²) in [6, 6.07) is 35.4. The second-order valence-corrected chi connectivity index (χ2v) is 8.94. The lowest BCUT2D eigenvalue weighted by Crippen LogP contribution is -2.17. The van der Waals surface area contributed by atoms with Gasteiger partial charge in [-0.2, -0.15) is 0 Å². The molecule has 33 heavy (non-hydrogen) atoms. The van der Waals surface area contributed by atoms with Crippen LogP contribution < -0.4 is 0 Å². The van der Waals surface area contributed by atoms with Gasteiger partial charge in [0.2, 0.25) is 0 Å². The van der Waals surface area contributed by atoms with Gasteiger partial charge >= 0.3 is 0 Å². The van der Waals surface area contributed by atoms with Crippen molar-refractivity contribution in [3.05, 3.63) is 114 Å². The molecule has 6 rings (SSSR count). The molecular formula is C30H23N3. The quantitative estimate of drug-likeness (QED) is 0.307. The second-order valence-electron chi connectivity index (χ2n) is 8.94. The monoisotopic (exact) mass is 425 g/mol. The molecule has 0 radical (unpaired) electrons. The SMILES string of the molecule is CC1(C)c2ccccc2-c2cccc(-c3nc(-c4ccccc4)nc(-c4ccccc4)n3)c21. The third-order valence-electron chi connectivity index (χ3n) is 6.52. The zero-order valence-corrected chi connectivity index (χ0v) is 18.7. The Bertz CT molecular complexity index is 1410. The molecule has 4 aromatic carbocycles. The Morgan fingerprint density at radius 2 is 0.939 bits per heavy atom. The van der Waals surface area contributed by atoms with Crippen LogP contribution in [0.3, 0.4) is 0 Å². The van der Waals surface area contributed by atoms with E-state index < -0.39 is 0 Å². The Morgan fingerprint density at radius 1 is 0.455 bits per heavy atom. The number of fused-ring (bicyclic) bond motifs is 3. The van der Waals surface area contributed by atoms with Gasteiger partial charge in [-0.15, -0.1) is 0 Å². The smallest absolute Gasteiger partial charge is 0.164 e. The van der Waals surface area contributed by atoms with Crippen molar-refractivity contribution >= 4 is 0 Å². The molecule has 0 bridgehead atoms. The summed E-state index contributed by atoms with van der Waals surface area (Å²) in [5, 5.41) is 0. The maximum atomic E-state index is 4.98. The molecule has 0 atom stereocenters. The average Bonchev–Trinajstić information content (AvgIpc) is 3.12. The van der Waals surface area contributed by atoms with E-state index in [9.17, 15) is 0 Å². The zero-order valence-electron chi connectivity index (χ0n) is 18.7. The first-order valence-electron chi connectivity index (χ1n) is 11.2. The predicted molar refractivity (Wildman–Crippen MR) is 134 cm³/mol. The van der Waals surface area contributed by atoms with Gasteiger partial charge in [-0.1, -0.05) is 117 Å². The first-order valence-corrected chi connectivity index (χ1v) is 11.2. The normalized spacial score (nSPS) is 13.4. The third-order valence-corrected chi connectivity index (χ3v) is 6.52. The molecule has 0 fully saturated rings. The molecule has 158 valence electrons. The van der Waals surface area contributed by atoms with Crippen molar-refractivity contribution in [2.45, 2.75) is 19.3 Å². The Balaban J connectivity index is 1.62. The van der Waals surface area contributed by atoms with E-state index in [2.05, 4.69) is 56.3 Å². The van der Waals surface area contributed by atoms with Gasteiger partial charge in [0.05, 0.1) is 0 Å². The molecule has 0 spiro atoms. The van der Waals surface area contributed by atoms with Crippen molar-refractivity contribution in [2.24, 2.45) is 0 Å². The predicted octanol–water partition coefficient (Wildman–Crippen LogP) is 7.18. The minimum Gasteiger partial charge on any atom is -0.208 e. The first kappa shape index (κ1) is 19.6. The number of hydrogen-bond acceptors (Lipinski definition) is 3. The highest BCUT2D eigenvalue weighted by molar-refractivity contribution is 5.87. The van der Waals surface area contributed by atoms with Gasteiger partial charge in [0, 0.05) is 22.1 Å². The summed E-state index contributed by atoms with van der Waals surface area (Å²) >= 11 is 0. The Labute approximate surface area is 193 Å². The van der Waals surface area contributed by atoms with E-state index >= 15 is 0 Å². The molecule has 3 nitrogen and oxygen atoms in total. The summed E-state index contributed by atoms with van der Waals surface area (Å²) in [5.74, 6) is 2.08. The van der Waals surface area contributed by atoms with Crippen LogP contribution in [0.5, 0.6) is 0 Å². The van der Waals surface area contributed by atoms with Crippen LogP contribution in [0.4, 0.5) is 0 Å². The molecule has 0 aliphatic heterocycles. The molecule has 1 aromatic heterocycles. The molecule has 3 heteroatoms. The fraction of sp³-hybridized carbons (Fsp3) is 0.100. The van der Waals surface area contributed by atoms with Crippen LogP contribution in [0, 0.1) is 0 Å². The third kappa shape index (κ3) is 3.16. The van der Waals surface area contributed by atoms with Crippen molar-refractivity contribution in [1.29, 1.82) is 0 Å². The maximum absolute atomic E-state index is 4.98. The molecule has 5 aromatic rings. The molecule has 1 heterocycles. The van der Waals surface area contributed by atoms with Crippen molar-refractivity contribution in [3.63, 3.8) is 0 Å². The van der Waals surface area contributed by atoms with E-state index in [0.29, 0.717) is 17.5 Å². The fourth-order valence-electron chi connectivity index (χ4n) is 4.96. The first-order chi connectivity index (χ1) is 16.1. The second kappa shape index (κ2) is 7.49. The lowest BCUT2D eigenvalue weighted by Gasteiger charge is -2.24. The van der Waals surface area contributed by atoms with Gasteiger partial charge < -0.3 is 0 Å². The Kier molecular flexibility index (Phi) is 4.44. The van der Waals surface area contributed by atoms with Gasteiger partial charge in [0.15, 0.2) is 17.5 Å². The van der Waals surface area contributed by atoms with E-state index in [1.54, 1.807) is 0 Å². The molecule has 0 unspecified atom stereocenters. The molecule has 1 aliphatic carbocycles. The van der Waals surface area contributed by atoms with E-state index in [1.807, 2.05) is 60.7 Å². The van der Waals surface area contributed by atoms with Crippen molar-refractivity contribution in [3.8, 4) is 45.3 Å². The van der Waals surface area contributed by atoms with Crippen LogP contribution in [0.15, 0.2) is 103 Å². The van der Waals surface area contributed by atoms with Crippen LogP contribution in [0.25, 0.3) is 45.3 Å². The summed E-state index contributed by atoms with van der Waals surface area (Å²) in [4.78, 5) is 14.8. The van der Waals surface area contributed by atoms with Gasteiger partial charge in [-0.25, -0.2) is 15.0 Å². The number of aromatic nitrogens is 3. The van der Waals surface area contributed by atoms with Gasteiger partial charge in [0.1, 0.15) is 0 Å². The van der Waals surface area contributed by atoms with Crippen LogP contribution in [0.1, 0.15) is 25.0 Å². The van der Waals surface area contributed by atoms with E-state index in [1.165, 1.54) is 22.3 Å². The number of hydrogen-bond donors (Lipinski definition) is 0. The van der Waals surface area contributed by atoms with Crippen LogP contribution >= 0.6 is 0 Å². The molecule has 0 saturated heterocycles. The highest BCUT2D eigenvalue weighted by atomic mass is 15.0. The zero-order chi connectivity index (χ0) is 22.4. The summed E-state index contributed by atoms with van der Waals surface area (Å²) in [5.41, 5.74) is 8.04. The van der Waals surface area contributed by atoms with Gasteiger partial charge in [0.25, 0.3) is 0 Å². The highest BCUT2D eigenvalue weighted by Gasteiger charge is 2.37. The number of rotatable bonds is 3. The Hall–Kier alpha value is -4.11. The summed E-state index contributed by atoms with van der Waals surface area (Å²) in [7, 11) is 0. The molecular weight excluding hydrogens is 402 g/mol. The molecule has 0 amide bonds. The van der Waals surface area contributed by atoms with Crippen molar-refractivity contribution in [1.82, 2.24) is 15.0 Å². The highest BCUT2D eigenvalue weighted by Crippen LogP contribution is 2.51. The molecule has 1 aliphatic rings. The van der Waals surface area contributed by atoms with Crippen LogP contribution in [-0.4, -0.2) is 15.0 Å². The minimum atomic E-state index is -0.144. The van der Waals surface area contributed by atoms with Gasteiger partial charge in [-0.3, -0.25) is 0 Å². The van der Waals surface area contributed by atoms with E-state index in [4.69, 9.17) is 15.0 Å². The van der Waals surface area contributed by atoms with Crippen molar-refractivity contribution in [2.75, 3.05) is 0 Å². The number of benzene rings is 4. The fourth-order valence-corrected chi connectivity index (χ4v) is 4.96. The summed E-state index contributed by atoms with van der Waals surface area (Å²) in [6.07, 6.45) is 0. The van der Waals surface area contributed by atoms with Crippen LogP contribution in [-0.2, 0) is 5.41 Å². The average molecular weight is 426 g/mol. The molecule has 0 N–H and O–H groups in total.